The van der Waals surface area contributed by atoms with Gasteiger partial charge in [0.1, 0.15) is 5.78 Å². The van der Waals surface area contributed by atoms with Gasteiger partial charge in [0.25, 0.3) is 0 Å². The quantitative estimate of drug-likeness (QED) is 0.752. The molecule has 2 aliphatic carbocycles. The lowest BCUT2D eigenvalue weighted by atomic mass is 9.73. The van der Waals surface area contributed by atoms with Gasteiger partial charge in [-0.1, -0.05) is 44.9 Å². The van der Waals surface area contributed by atoms with Crippen LogP contribution in [0.3, 0.4) is 0 Å². The molecule has 0 aromatic heterocycles. The Morgan fingerprint density at radius 1 is 1.10 bits per heavy atom. The van der Waals surface area contributed by atoms with Gasteiger partial charge >= 0.3 is 0 Å². The summed E-state index contributed by atoms with van der Waals surface area (Å²) in [4.78, 5) is 13.0. The molecule has 1 aromatic rings. The van der Waals surface area contributed by atoms with E-state index in [1.54, 1.807) is 0 Å². The maximum atomic E-state index is 13.0. The Bertz CT molecular complexity index is 521. The lowest BCUT2D eigenvalue weighted by Gasteiger charge is -2.29. The highest BCUT2D eigenvalue weighted by Crippen LogP contribution is 2.44. The molecule has 0 N–H and O–H groups in total. The van der Waals surface area contributed by atoms with E-state index >= 15 is 0 Å². The fraction of sp³-hybridized carbons (Fsp3) is 0.650. The summed E-state index contributed by atoms with van der Waals surface area (Å²) in [7, 11) is 0. The van der Waals surface area contributed by atoms with E-state index in [1.807, 2.05) is 0 Å². The van der Waals surface area contributed by atoms with Crippen molar-refractivity contribution in [3.8, 4) is 0 Å². The third kappa shape index (κ3) is 3.07. The molecule has 0 bridgehead atoms. The minimum Gasteiger partial charge on any atom is -0.299 e. The van der Waals surface area contributed by atoms with E-state index in [2.05, 4.69) is 32.0 Å². The van der Waals surface area contributed by atoms with Gasteiger partial charge in [-0.3, -0.25) is 4.79 Å². The average molecular weight is 284 g/mol. The van der Waals surface area contributed by atoms with Gasteiger partial charge in [0, 0.05) is 11.8 Å². The molecule has 0 saturated heterocycles. The van der Waals surface area contributed by atoms with E-state index in [1.165, 1.54) is 48.8 Å². The third-order valence-electron chi connectivity index (χ3n) is 5.48. The molecule has 1 heteroatoms. The van der Waals surface area contributed by atoms with Gasteiger partial charge < -0.3 is 0 Å². The highest BCUT2D eigenvalue weighted by molar-refractivity contribution is 5.87. The average Bonchev–Trinajstić information content (AvgIpc) is 3.06. The summed E-state index contributed by atoms with van der Waals surface area (Å²) in [6.45, 7) is 4.51. The molecule has 1 fully saturated rings. The fourth-order valence-electron chi connectivity index (χ4n) is 4.54. The van der Waals surface area contributed by atoms with E-state index in [-0.39, 0.29) is 5.41 Å². The van der Waals surface area contributed by atoms with Crippen LogP contribution in [0, 0.1) is 11.3 Å². The zero-order valence-electron chi connectivity index (χ0n) is 13.6. The number of rotatable bonds is 5. The molecule has 0 radical (unpaired) electrons. The second-order valence-corrected chi connectivity index (χ2v) is 7.64. The molecule has 2 aliphatic rings. The fourth-order valence-corrected chi connectivity index (χ4v) is 4.54. The van der Waals surface area contributed by atoms with E-state index in [4.69, 9.17) is 0 Å². The van der Waals surface area contributed by atoms with Crippen LogP contribution in [0.4, 0.5) is 0 Å². The number of hydrogen-bond acceptors (Lipinski definition) is 1. The molecule has 0 amide bonds. The van der Waals surface area contributed by atoms with Crippen molar-refractivity contribution in [2.24, 2.45) is 11.3 Å². The Kier molecular flexibility index (Phi) is 4.19. The van der Waals surface area contributed by atoms with Crippen LogP contribution in [0.1, 0.15) is 69.1 Å². The van der Waals surface area contributed by atoms with Crippen LogP contribution in [0.15, 0.2) is 18.2 Å². The van der Waals surface area contributed by atoms with Crippen molar-refractivity contribution < 1.29 is 4.79 Å². The first-order valence-electron chi connectivity index (χ1n) is 8.73. The molecule has 114 valence electrons. The predicted octanol–water partition coefficient (Wildman–Crippen LogP) is 4.89. The SMILES string of the molecule is CC(C)CC1(C(=O)Cc2ccc3c(c2)CCC3)CCCC1. The Morgan fingerprint density at radius 2 is 1.81 bits per heavy atom. The standard InChI is InChI=1S/C20H28O/c1-15(2)14-20(10-3-4-11-20)19(21)13-16-8-9-17-6-5-7-18(17)12-16/h8-9,12,15H,3-7,10-11,13-14H2,1-2H3. The maximum Gasteiger partial charge on any atom is 0.143 e. The molecule has 0 heterocycles. The summed E-state index contributed by atoms with van der Waals surface area (Å²) in [5.74, 6) is 1.12. The van der Waals surface area contributed by atoms with Gasteiger partial charge in [0.2, 0.25) is 0 Å². The molecule has 3 rings (SSSR count). The van der Waals surface area contributed by atoms with Crippen LogP contribution >= 0.6 is 0 Å². The first-order chi connectivity index (χ1) is 10.1. The summed E-state index contributed by atoms with van der Waals surface area (Å²) in [6.07, 6.45) is 10.2. The van der Waals surface area contributed by atoms with Crippen molar-refractivity contribution in [1.29, 1.82) is 0 Å². The topological polar surface area (TPSA) is 17.1 Å². The molecular formula is C20H28O. The van der Waals surface area contributed by atoms with Crippen molar-refractivity contribution >= 4 is 5.78 Å². The summed E-state index contributed by atoms with van der Waals surface area (Å²) in [5, 5.41) is 0. The van der Waals surface area contributed by atoms with Crippen LogP contribution in [-0.2, 0) is 24.1 Å². The molecule has 0 atom stereocenters. The van der Waals surface area contributed by atoms with Crippen LogP contribution in [-0.4, -0.2) is 5.78 Å². The first kappa shape index (κ1) is 14.8. The lowest BCUT2D eigenvalue weighted by molar-refractivity contribution is -0.128. The number of aryl methyl sites for hydroxylation is 2. The molecule has 21 heavy (non-hydrogen) atoms. The Hall–Kier alpha value is -1.11. The normalized spacial score (nSPS) is 20.0. The summed E-state index contributed by atoms with van der Waals surface area (Å²) in [5.41, 5.74) is 4.23. The second kappa shape index (κ2) is 5.94. The molecule has 1 aromatic carbocycles. The highest BCUT2D eigenvalue weighted by atomic mass is 16.1. The van der Waals surface area contributed by atoms with Gasteiger partial charge in [-0.15, -0.1) is 0 Å². The van der Waals surface area contributed by atoms with Crippen molar-refractivity contribution in [2.75, 3.05) is 0 Å². The van der Waals surface area contributed by atoms with Crippen LogP contribution in [0.25, 0.3) is 0 Å². The third-order valence-corrected chi connectivity index (χ3v) is 5.48. The number of carbonyl (C=O) groups excluding carboxylic acids is 1. The van der Waals surface area contributed by atoms with E-state index in [9.17, 15) is 4.79 Å². The van der Waals surface area contributed by atoms with Crippen molar-refractivity contribution in [3.05, 3.63) is 34.9 Å². The summed E-state index contributed by atoms with van der Waals surface area (Å²) in [6, 6.07) is 6.76. The van der Waals surface area contributed by atoms with Crippen LogP contribution in [0.5, 0.6) is 0 Å². The minimum atomic E-state index is -0.00677. The Morgan fingerprint density at radius 3 is 2.52 bits per heavy atom. The number of ketones is 1. The molecule has 0 spiro atoms. The summed E-state index contributed by atoms with van der Waals surface area (Å²) >= 11 is 0. The maximum absolute atomic E-state index is 13.0. The van der Waals surface area contributed by atoms with Crippen LogP contribution < -0.4 is 0 Å². The summed E-state index contributed by atoms with van der Waals surface area (Å²) < 4.78 is 0. The van der Waals surface area contributed by atoms with Crippen molar-refractivity contribution in [3.63, 3.8) is 0 Å². The van der Waals surface area contributed by atoms with Gasteiger partial charge in [0.05, 0.1) is 0 Å². The molecule has 0 unspecified atom stereocenters. The van der Waals surface area contributed by atoms with Gasteiger partial charge in [-0.05, 0) is 61.1 Å². The zero-order valence-corrected chi connectivity index (χ0v) is 13.6. The van der Waals surface area contributed by atoms with Gasteiger partial charge in [0.15, 0.2) is 0 Å². The Balaban J connectivity index is 1.75. The largest absolute Gasteiger partial charge is 0.299 e. The van der Waals surface area contributed by atoms with Gasteiger partial charge in [-0.2, -0.15) is 0 Å². The van der Waals surface area contributed by atoms with Crippen LogP contribution in [0.2, 0.25) is 0 Å². The Labute approximate surface area is 129 Å². The molecular weight excluding hydrogens is 256 g/mol. The van der Waals surface area contributed by atoms with Gasteiger partial charge in [-0.25, -0.2) is 0 Å². The number of carbonyl (C=O) groups is 1. The highest BCUT2D eigenvalue weighted by Gasteiger charge is 2.40. The van der Waals surface area contributed by atoms with E-state index in [0.717, 1.165) is 19.3 Å². The second-order valence-electron chi connectivity index (χ2n) is 7.64. The predicted molar refractivity (Wildman–Crippen MR) is 87.5 cm³/mol. The molecule has 1 nitrogen and oxygen atoms in total. The van der Waals surface area contributed by atoms with E-state index < -0.39 is 0 Å². The van der Waals surface area contributed by atoms with E-state index in [0.29, 0.717) is 18.1 Å². The monoisotopic (exact) mass is 284 g/mol. The smallest absolute Gasteiger partial charge is 0.143 e. The number of hydrogen-bond donors (Lipinski definition) is 0. The zero-order chi connectivity index (χ0) is 14.9. The number of Topliss-reactive ketones (excluding diaryl/α,β-unsaturated/α-hetero) is 1. The van der Waals surface area contributed by atoms with Crippen molar-refractivity contribution in [2.45, 2.75) is 71.6 Å². The minimum absolute atomic E-state index is 0.00677. The number of benzene rings is 1. The molecule has 0 aliphatic heterocycles. The van der Waals surface area contributed by atoms with Crippen molar-refractivity contribution in [1.82, 2.24) is 0 Å². The first-order valence-corrected chi connectivity index (χ1v) is 8.73. The molecule has 1 saturated carbocycles. The lowest BCUT2D eigenvalue weighted by Crippen LogP contribution is -2.31. The number of fused-ring (bicyclic) bond motifs is 1.